The molecule has 1 aromatic carbocycles. The van der Waals surface area contributed by atoms with Crippen LogP contribution in [0.3, 0.4) is 0 Å². The summed E-state index contributed by atoms with van der Waals surface area (Å²) in [5, 5.41) is 12.7. The van der Waals surface area contributed by atoms with Gasteiger partial charge in [-0.25, -0.2) is 0 Å². The number of benzene rings is 1. The second-order valence-electron chi connectivity index (χ2n) is 6.21. The number of unbranched alkanes of at least 4 members (excludes halogenated alkanes) is 2. The van der Waals surface area contributed by atoms with Crippen molar-refractivity contribution < 1.29 is 5.11 Å². The molecule has 0 saturated heterocycles. The largest absolute Gasteiger partial charge is 0.387 e. The third kappa shape index (κ3) is 5.06. The highest BCUT2D eigenvalue weighted by Crippen LogP contribution is 2.31. The van der Waals surface area contributed by atoms with Crippen LogP contribution in [-0.2, 0) is 0 Å². The van der Waals surface area contributed by atoms with Crippen molar-refractivity contribution >= 4 is 34.1 Å². The highest BCUT2D eigenvalue weighted by molar-refractivity contribution is 6.38. The molecule has 0 radical (unpaired) electrons. The SMILES string of the molecule is CCCCN(CCCC)C[C@H](O)c1ccnc2c(Cl)cc(Cl)cc12. The van der Waals surface area contributed by atoms with Crippen LogP contribution in [-0.4, -0.2) is 34.6 Å². The van der Waals surface area contributed by atoms with Gasteiger partial charge < -0.3 is 10.0 Å². The number of hydrogen-bond donors (Lipinski definition) is 1. The molecule has 0 bridgehead atoms. The van der Waals surface area contributed by atoms with Gasteiger partial charge in [0.25, 0.3) is 0 Å². The second-order valence-corrected chi connectivity index (χ2v) is 7.05. The predicted molar refractivity (Wildman–Crippen MR) is 103 cm³/mol. The summed E-state index contributed by atoms with van der Waals surface area (Å²) in [5.41, 5.74) is 1.52. The Morgan fingerprint density at radius 1 is 1.12 bits per heavy atom. The smallest absolute Gasteiger partial charge is 0.0924 e. The van der Waals surface area contributed by atoms with Crippen molar-refractivity contribution in [2.75, 3.05) is 19.6 Å². The lowest BCUT2D eigenvalue weighted by Gasteiger charge is -2.25. The number of rotatable bonds is 9. The van der Waals surface area contributed by atoms with Crippen molar-refractivity contribution in [1.29, 1.82) is 0 Å². The zero-order valence-corrected chi connectivity index (χ0v) is 15.9. The topological polar surface area (TPSA) is 36.4 Å². The number of aromatic nitrogens is 1. The van der Waals surface area contributed by atoms with E-state index >= 15 is 0 Å². The van der Waals surface area contributed by atoms with Crippen LogP contribution in [0.5, 0.6) is 0 Å². The molecule has 132 valence electrons. The molecular weight excluding hydrogens is 343 g/mol. The van der Waals surface area contributed by atoms with Crippen molar-refractivity contribution in [2.24, 2.45) is 0 Å². The quantitative estimate of drug-likeness (QED) is 0.636. The van der Waals surface area contributed by atoms with Crippen LogP contribution < -0.4 is 0 Å². The highest BCUT2D eigenvalue weighted by Gasteiger charge is 2.17. The fourth-order valence-electron chi connectivity index (χ4n) is 2.89. The van der Waals surface area contributed by atoms with Gasteiger partial charge in [-0.2, -0.15) is 0 Å². The first-order valence-corrected chi connectivity index (χ1v) is 9.46. The molecule has 0 aliphatic heterocycles. The Morgan fingerprint density at radius 3 is 2.42 bits per heavy atom. The summed E-state index contributed by atoms with van der Waals surface area (Å²) in [5.74, 6) is 0. The minimum atomic E-state index is -0.584. The summed E-state index contributed by atoms with van der Waals surface area (Å²) in [6.07, 6.45) is 5.71. The lowest BCUT2D eigenvalue weighted by molar-refractivity contribution is 0.112. The van der Waals surface area contributed by atoms with Gasteiger partial charge >= 0.3 is 0 Å². The lowest BCUT2D eigenvalue weighted by atomic mass is 10.0. The van der Waals surface area contributed by atoms with E-state index in [9.17, 15) is 5.11 Å². The third-order valence-electron chi connectivity index (χ3n) is 4.24. The molecule has 2 aromatic rings. The standard InChI is InChI=1S/C19H26Cl2N2O/c1-3-5-9-23(10-6-4-2)13-18(24)15-7-8-22-19-16(15)11-14(20)12-17(19)21/h7-8,11-12,18,24H,3-6,9-10,13H2,1-2H3/t18-/m0/s1. The van der Waals surface area contributed by atoms with E-state index in [2.05, 4.69) is 23.7 Å². The van der Waals surface area contributed by atoms with Gasteiger partial charge in [0.15, 0.2) is 0 Å². The predicted octanol–water partition coefficient (Wildman–Crippen LogP) is 5.48. The van der Waals surface area contributed by atoms with E-state index < -0.39 is 6.10 Å². The summed E-state index contributed by atoms with van der Waals surface area (Å²) in [7, 11) is 0. The van der Waals surface area contributed by atoms with Gasteiger partial charge in [0, 0.05) is 23.2 Å². The minimum absolute atomic E-state index is 0.514. The molecule has 2 rings (SSSR count). The van der Waals surface area contributed by atoms with Gasteiger partial charge in [-0.3, -0.25) is 4.98 Å². The first-order chi connectivity index (χ1) is 11.6. The molecule has 0 spiro atoms. The monoisotopic (exact) mass is 368 g/mol. The van der Waals surface area contributed by atoms with E-state index in [1.165, 1.54) is 0 Å². The van der Waals surface area contributed by atoms with Crippen LogP contribution in [0.4, 0.5) is 0 Å². The van der Waals surface area contributed by atoms with Gasteiger partial charge in [-0.15, -0.1) is 0 Å². The Morgan fingerprint density at radius 2 is 1.79 bits per heavy atom. The van der Waals surface area contributed by atoms with Crippen LogP contribution in [0.25, 0.3) is 10.9 Å². The van der Waals surface area contributed by atoms with Gasteiger partial charge in [-0.1, -0.05) is 49.9 Å². The maximum atomic E-state index is 10.8. The van der Waals surface area contributed by atoms with Crippen LogP contribution in [0, 0.1) is 0 Å². The van der Waals surface area contributed by atoms with Crippen molar-refractivity contribution in [2.45, 2.75) is 45.6 Å². The Hall–Kier alpha value is -0.870. The average Bonchev–Trinajstić information content (AvgIpc) is 2.56. The summed E-state index contributed by atoms with van der Waals surface area (Å²) in [6, 6.07) is 5.37. The molecule has 0 aliphatic carbocycles. The fraction of sp³-hybridized carbons (Fsp3) is 0.526. The van der Waals surface area contributed by atoms with Gasteiger partial charge in [0.05, 0.1) is 16.6 Å². The van der Waals surface area contributed by atoms with E-state index in [4.69, 9.17) is 23.2 Å². The lowest BCUT2D eigenvalue weighted by Crippen LogP contribution is -2.30. The second kappa shape index (κ2) is 9.57. The fourth-order valence-corrected chi connectivity index (χ4v) is 3.43. The molecule has 0 unspecified atom stereocenters. The average molecular weight is 369 g/mol. The Kier molecular flexibility index (Phi) is 7.76. The summed E-state index contributed by atoms with van der Waals surface area (Å²) in [4.78, 5) is 6.67. The molecule has 1 atom stereocenters. The molecule has 0 saturated carbocycles. The van der Waals surface area contributed by atoms with Crippen molar-refractivity contribution in [3.05, 3.63) is 40.0 Å². The first-order valence-electron chi connectivity index (χ1n) is 8.70. The minimum Gasteiger partial charge on any atom is -0.387 e. The Balaban J connectivity index is 2.24. The molecule has 1 aromatic heterocycles. The number of pyridine rings is 1. The molecule has 0 aliphatic rings. The number of hydrogen-bond acceptors (Lipinski definition) is 3. The molecular formula is C19H26Cl2N2O. The molecule has 24 heavy (non-hydrogen) atoms. The molecule has 0 fully saturated rings. The van der Waals surface area contributed by atoms with Crippen molar-refractivity contribution in [3.8, 4) is 0 Å². The van der Waals surface area contributed by atoms with Crippen LogP contribution in [0.2, 0.25) is 10.0 Å². The van der Waals surface area contributed by atoms with Crippen LogP contribution >= 0.6 is 23.2 Å². The molecule has 1 N–H and O–H groups in total. The Bertz CT molecular complexity index is 655. The number of aliphatic hydroxyl groups is 1. The van der Waals surface area contributed by atoms with Crippen molar-refractivity contribution in [1.82, 2.24) is 9.88 Å². The van der Waals surface area contributed by atoms with Crippen LogP contribution in [0.1, 0.15) is 51.2 Å². The van der Waals surface area contributed by atoms with E-state index in [-0.39, 0.29) is 0 Å². The summed E-state index contributed by atoms with van der Waals surface area (Å²) >= 11 is 12.4. The number of fused-ring (bicyclic) bond motifs is 1. The van der Waals surface area contributed by atoms with E-state index in [1.54, 1.807) is 12.3 Å². The zero-order chi connectivity index (χ0) is 17.5. The van der Waals surface area contributed by atoms with Crippen LogP contribution in [0.15, 0.2) is 24.4 Å². The molecule has 0 amide bonds. The maximum absolute atomic E-state index is 10.8. The molecule has 1 heterocycles. The zero-order valence-electron chi connectivity index (χ0n) is 14.4. The maximum Gasteiger partial charge on any atom is 0.0924 e. The van der Waals surface area contributed by atoms with E-state index in [1.807, 2.05) is 12.1 Å². The highest BCUT2D eigenvalue weighted by atomic mass is 35.5. The summed E-state index contributed by atoms with van der Waals surface area (Å²) in [6.45, 7) is 7.02. The molecule has 5 heteroatoms. The van der Waals surface area contributed by atoms with Gasteiger partial charge in [0.2, 0.25) is 0 Å². The number of halogens is 2. The van der Waals surface area contributed by atoms with Gasteiger partial charge in [0.1, 0.15) is 0 Å². The summed E-state index contributed by atoms with van der Waals surface area (Å²) < 4.78 is 0. The molecule has 3 nitrogen and oxygen atoms in total. The third-order valence-corrected chi connectivity index (χ3v) is 4.75. The normalized spacial score (nSPS) is 12.9. The Labute approximate surface area is 154 Å². The van der Waals surface area contributed by atoms with Crippen molar-refractivity contribution in [3.63, 3.8) is 0 Å². The van der Waals surface area contributed by atoms with Gasteiger partial charge in [-0.05, 0) is 49.7 Å². The van der Waals surface area contributed by atoms with E-state index in [0.29, 0.717) is 22.1 Å². The number of aliphatic hydroxyl groups excluding tert-OH is 1. The van der Waals surface area contributed by atoms with E-state index in [0.717, 1.165) is 49.7 Å². The number of nitrogens with zero attached hydrogens (tertiary/aromatic N) is 2. The first kappa shape index (κ1) is 19.5.